The fraction of sp³-hybridized carbons (Fsp3) is 0.333. The lowest BCUT2D eigenvalue weighted by atomic mass is 9.99. The lowest BCUT2D eigenvalue weighted by Gasteiger charge is -2.23. The van der Waals surface area contributed by atoms with Gasteiger partial charge < -0.3 is 15.0 Å². The molecule has 1 aromatic carbocycles. The molecule has 2 aromatic rings. The van der Waals surface area contributed by atoms with E-state index in [-0.39, 0.29) is 11.9 Å². The van der Waals surface area contributed by atoms with E-state index in [1.54, 1.807) is 36.5 Å². The van der Waals surface area contributed by atoms with Crippen LogP contribution >= 0.6 is 11.6 Å². The topological polar surface area (TPSA) is 54.5 Å². The molecule has 2 fully saturated rings. The lowest BCUT2D eigenvalue weighted by molar-refractivity contribution is 0.0924. The molecule has 1 aromatic heterocycles. The Bertz CT molecular complexity index is 750. The molecule has 0 radical (unpaired) electrons. The van der Waals surface area contributed by atoms with E-state index in [4.69, 9.17) is 16.3 Å². The van der Waals surface area contributed by atoms with Crippen molar-refractivity contribution in [3.05, 3.63) is 53.3 Å². The van der Waals surface area contributed by atoms with E-state index in [9.17, 15) is 4.79 Å². The summed E-state index contributed by atoms with van der Waals surface area (Å²) >= 11 is 6.03. The number of piperidine rings is 1. The minimum Gasteiger partial charge on any atom is -0.456 e. The van der Waals surface area contributed by atoms with Crippen molar-refractivity contribution in [1.29, 1.82) is 0 Å². The molecule has 0 saturated carbocycles. The summed E-state index contributed by atoms with van der Waals surface area (Å²) in [5.74, 6) is 1.75. The molecule has 2 saturated heterocycles. The third-order valence-electron chi connectivity index (χ3n) is 4.73. The van der Waals surface area contributed by atoms with Crippen LogP contribution in [0.1, 0.15) is 16.8 Å². The Hall–Kier alpha value is -2.11. The highest BCUT2D eigenvalue weighted by Gasteiger charge is 2.38. The van der Waals surface area contributed by atoms with Gasteiger partial charge in [-0.15, -0.1) is 0 Å². The van der Waals surface area contributed by atoms with Crippen LogP contribution in [-0.4, -0.2) is 41.5 Å². The van der Waals surface area contributed by atoms with Crippen LogP contribution in [0, 0.1) is 5.92 Å². The quantitative estimate of drug-likeness (QED) is 0.927. The van der Waals surface area contributed by atoms with Gasteiger partial charge in [-0.3, -0.25) is 9.78 Å². The average Bonchev–Trinajstić information content (AvgIpc) is 3.20. The molecule has 6 heteroatoms. The van der Waals surface area contributed by atoms with Crippen LogP contribution < -0.4 is 10.1 Å². The smallest absolute Gasteiger partial charge is 0.251 e. The minimum atomic E-state index is -0.0257. The third-order valence-corrected chi connectivity index (χ3v) is 5.01. The van der Waals surface area contributed by atoms with E-state index in [1.807, 2.05) is 0 Å². The summed E-state index contributed by atoms with van der Waals surface area (Å²) in [6.45, 7) is 3.25. The minimum absolute atomic E-state index is 0.0257. The van der Waals surface area contributed by atoms with Crippen LogP contribution in [0.5, 0.6) is 11.5 Å². The number of hydrogen-bond donors (Lipinski definition) is 1. The van der Waals surface area contributed by atoms with Gasteiger partial charge in [0.25, 0.3) is 5.91 Å². The molecule has 2 bridgehead atoms. The van der Waals surface area contributed by atoms with Crippen molar-refractivity contribution in [3.63, 3.8) is 0 Å². The number of nitrogens with zero attached hydrogens (tertiary/aromatic N) is 2. The van der Waals surface area contributed by atoms with Gasteiger partial charge in [0, 0.05) is 43.2 Å². The van der Waals surface area contributed by atoms with E-state index >= 15 is 0 Å². The number of carbonyl (C=O) groups is 1. The van der Waals surface area contributed by atoms with Crippen molar-refractivity contribution in [2.24, 2.45) is 5.92 Å². The number of nitrogens with one attached hydrogen (secondary N) is 1. The van der Waals surface area contributed by atoms with Gasteiger partial charge in [-0.25, -0.2) is 0 Å². The molecule has 2 unspecified atom stereocenters. The van der Waals surface area contributed by atoms with Crippen molar-refractivity contribution < 1.29 is 9.53 Å². The molecule has 0 spiro atoms. The highest BCUT2D eigenvalue weighted by molar-refractivity contribution is 6.31. The molecule has 0 aliphatic carbocycles. The molecule has 124 valence electrons. The van der Waals surface area contributed by atoms with Gasteiger partial charge >= 0.3 is 0 Å². The first kappa shape index (κ1) is 15.4. The Balaban J connectivity index is 1.40. The maximum absolute atomic E-state index is 12.4. The van der Waals surface area contributed by atoms with Gasteiger partial charge in [0.15, 0.2) is 0 Å². The molecular weight excluding hydrogens is 326 g/mol. The van der Waals surface area contributed by atoms with E-state index < -0.39 is 0 Å². The summed E-state index contributed by atoms with van der Waals surface area (Å²) in [5.41, 5.74) is 0.640. The van der Waals surface area contributed by atoms with Gasteiger partial charge in [0.05, 0.1) is 0 Å². The Morgan fingerprint density at radius 1 is 1.25 bits per heavy atom. The molecule has 24 heavy (non-hydrogen) atoms. The van der Waals surface area contributed by atoms with Crippen LogP contribution in [0.3, 0.4) is 0 Å². The first-order chi connectivity index (χ1) is 11.7. The summed E-state index contributed by atoms with van der Waals surface area (Å²) in [5, 5.41) is 3.60. The van der Waals surface area contributed by atoms with E-state index in [2.05, 4.69) is 15.2 Å². The molecule has 4 rings (SSSR count). The molecule has 1 amide bonds. The lowest BCUT2D eigenvalue weighted by Crippen LogP contribution is -2.43. The first-order valence-electron chi connectivity index (χ1n) is 8.10. The fourth-order valence-corrected chi connectivity index (χ4v) is 3.60. The number of pyridine rings is 1. The zero-order valence-electron chi connectivity index (χ0n) is 13.1. The number of rotatable bonds is 4. The van der Waals surface area contributed by atoms with Gasteiger partial charge in [-0.2, -0.15) is 0 Å². The summed E-state index contributed by atoms with van der Waals surface area (Å²) in [7, 11) is 0. The van der Waals surface area contributed by atoms with Gasteiger partial charge in [-0.05, 0) is 43.1 Å². The maximum Gasteiger partial charge on any atom is 0.251 e. The van der Waals surface area contributed by atoms with E-state index in [0.29, 0.717) is 28.0 Å². The molecule has 5 nitrogen and oxygen atoms in total. The SMILES string of the molecule is O=C(NC1CN2CC[C@H]1C2)c1ccc(Oc2ccncc2Cl)cc1. The van der Waals surface area contributed by atoms with Crippen molar-refractivity contribution in [2.45, 2.75) is 12.5 Å². The molecular formula is C18H18ClN3O2. The second-order valence-corrected chi connectivity index (χ2v) is 6.73. The molecule has 3 heterocycles. The van der Waals surface area contributed by atoms with Crippen molar-refractivity contribution in [3.8, 4) is 11.5 Å². The van der Waals surface area contributed by atoms with Crippen molar-refractivity contribution in [1.82, 2.24) is 15.2 Å². The van der Waals surface area contributed by atoms with Crippen LogP contribution in [0.4, 0.5) is 0 Å². The highest BCUT2D eigenvalue weighted by atomic mass is 35.5. The standard InChI is InChI=1S/C18H18ClN3O2/c19-15-9-20-7-5-17(15)24-14-3-1-12(2-4-14)18(23)21-16-11-22-8-6-13(16)10-22/h1-5,7,9,13,16H,6,8,10-11H2,(H,21,23)/t13-,16?/m0/s1. The fourth-order valence-electron chi connectivity index (χ4n) is 3.45. The summed E-state index contributed by atoms with van der Waals surface area (Å²) < 4.78 is 5.71. The number of benzene rings is 1. The number of carbonyl (C=O) groups excluding carboxylic acids is 1. The Morgan fingerprint density at radius 2 is 2.08 bits per heavy atom. The summed E-state index contributed by atoms with van der Waals surface area (Å²) in [4.78, 5) is 18.7. The van der Waals surface area contributed by atoms with Crippen molar-refractivity contribution in [2.75, 3.05) is 19.6 Å². The Morgan fingerprint density at radius 3 is 2.75 bits per heavy atom. The second-order valence-electron chi connectivity index (χ2n) is 6.32. The second kappa shape index (κ2) is 6.42. The van der Waals surface area contributed by atoms with E-state index in [0.717, 1.165) is 13.1 Å². The zero-order valence-corrected chi connectivity index (χ0v) is 13.9. The number of hydrogen-bond acceptors (Lipinski definition) is 4. The molecule has 1 N–H and O–H groups in total. The van der Waals surface area contributed by atoms with Gasteiger partial charge in [0.2, 0.25) is 0 Å². The number of ether oxygens (including phenoxy) is 1. The van der Waals surface area contributed by atoms with Gasteiger partial charge in [0.1, 0.15) is 16.5 Å². The maximum atomic E-state index is 12.4. The number of fused-ring (bicyclic) bond motifs is 2. The predicted octanol–water partition coefficient (Wildman–Crippen LogP) is 2.96. The first-order valence-corrected chi connectivity index (χ1v) is 8.47. The monoisotopic (exact) mass is 343 g/mol. The zero-order chi connectivity index (χ0) is 16.5. The molecule has 3 atom stereocenters. The molecule has 2 aliphatic heterocycles. The van der Waals surface area contributed by atoms with Crippen LogP contribution in [0.25, 0.3) is 0 Å². The van der Waals surface area contributed by atoms with Crippen LogP contribution in [0.15, 0.2) is 42.7 Å². The van der Waals surface area contributed by atoms with Crippen LogP contribution in [-0.2, 0) is 0 Å². The number of halogens is 1. The Labute approximate surface area is 145 Å². The van der Waals surface area contributed by atoms with Crippen molar-refractivity contribution >= 4 is 17.5 Å². The average molecular weight is 344 g/mol. The predicted molar refractivity (Wildman–Crippen MR) is 91.6 cm³/mol. The summed E-state index contributed by atoms with van der Waals surface area (Å²) in [6.07, 6.45) is 4.34. The largest absolute Gasteiger partial charge is 0.456 e. The van der Waals surface area contributed by atoms with Gasteiger partial charge in [-0.1, -0.05) is 11.6 Å². The van der Waals surface area contributed by atoms with E-state index in [1.165, 1.54) is 19.2 Å². The molecule has 2 aliphatic rings. The van der Waals surface area contributed by atoms with Crippen LogP contribution in [0.2, 0.25) is 5.02 Å². The summed E-state index contributed by atoms with van der Waals surface area (Å²) in [6, 6.07) is 9.07. The third kappa shape index (κ3) is 3.09. The highest BCUT2D eigenvalue weighted by Crippen LogP contribution is 2.29. The normalized spacial score (nSPS) is 24.8. The number of amides is 1. The Kier molecular flexibility index (Phi) is 4.12. The number of aromatic nitrogens is 1.